The van der Waals surface area contributed by atoms with E-state index in [1.165, 1.54) is 0 Å². The first-order valence-corrected chi connectivity index (χ1v) is 12.0. The molecule has 1 aromatic carbocycles. The van der Waals surface area contributed by atoms with Crippen molar-refractivity contribution in [1.82, 2.24) is 14.3 Å². The maximum atomic E-state index is 13.5. The number of piperidine rings is 1. The fourth-order valence-corrected chi connectivity index (χ4v) is 4.78. The molecule has 1 saturated heterocycles. The van der Waals surface area contributed by atoms with E-state index < -0.39 is 0 Å². The zero-order valence-corrected chi connectivity index (χ0v) is 20.8. The van der Waals surface area contributed by atoms with Gasteiger partial charge in [0.05, 0.1) is 32.4 Å². The van der Waals surface area contributed by atoms with Crippen molar-refractivity contribution >= 4 is 17.5 Å². The van der Waals surface area contributed by atoms with Gasteiger partial charge in [0, 0.05) is 43.9 Å². The Morgan fingerprint density at radius 1 is 1.11 bits per heavy atom. The summed E-state index contributed by atoms with van der Waals surface area (Å²) in [5, 5.41) is 0. The number of rotatable bonds is 8. The van der Waals surface area contributed by atoms with Gasteiger partial charge in [-0.2, -0.15) is 0 Å². The maximum absolute atomic E-state index is 13.5. The lowest BCUT2D eigenvalue weighted by Gasteiger charge is -2.32. The van der Waals surface area contributed by atoms with Gasteiger partial charge in [-0.1, -0.05) is 6.07 Å². The predicted molar refractivity (Wildman–Crippen MR) is 132 cm³/mol. The molecule has 1 aliphatic rings. The minimum atomic E-state index is -0.258. The summed E-state index contributed by atoms with van der Waals surface area (Å²) in [5.74, 6) is 0.808. The van der Waals surface area contributed by atoms with Gasteiger partial charge in [-0.15, -0.1) is 0 Å². The first-order chi connectivity index (χ1) is 16.9. The lowest BCUT2D eigenvalue weighted by atomic mass is 9.90. The van der Waals surface area contributed by atoms with Crippen molar-refractivity contribution in [3.63, 3.8) is 0 Å². The fourth-order valence-electron chi connectivity index (χ4n) is 4.78. The molecule has 0 spiro atoms. The van der Waals surface area contributed by atoms with Gasteiger partial charge in [0.25, 0.3) is 0 Å². The zero-order valence-electron chi connectivity index (χ0n) is 20.8. The number of amides is 1. The molecule has 35 heavy (non-hydrogen) atoms. The molecule has 1 unspecified atom stereocenters. The smallest absolute Gasteiger partial charge is 0.309 e. The van der Waals surface area contributed by atoms with Crippen LogP contribution in [-0.2, 0) is 14.3 Å². The highest BCUT2D eigenvalue weighted by Crippen LogP contribution is 2.35. The third kappa shape index (κ3) is 5.26. The summed E-state index contributed by atoms with van der Waals surface area (Å²) >= 11 is 0. The van der Waals surface area contributed by atoms with E-state index in [1.807, 2.05) is 65.9 Å². The van der Waals surface area contributed by atoms with Crippen LogP contribution >= 0.6 is 0 Å². The molecule has 0 bridgehead atoms. The second-order valence-corrected chi connectivity index (χ2v) is 8.88. The number of hydrogen-bond acceptors (Lipinski definition) is 6. The molecule has 0 N–H and O–H groups in total. The average Bonchev–Trinajstić information content (AvgIpc) is 3.32. The predicted octanol–water partition coefficient (Wildman–Crippen LogP) is 3.98. The number of ether oxygens (including phenoxy) is 3. The van der Waals surface area contributed by atoms with Gasteiger partial charge in [0.15, 0.2) is 0 Å². The second kappa shape index (κ2) is 10.8. The molecule has 2 aromatic heterocycles. The minimum absolute atomic E-state index is 0.0432. The summed E-state index contributed by atoms with van der Waals surface area (Å²) in [5.41, 5.74) is 3.77. The number of imidazole rings is 1. The Bertz CT molecular complexity index is 1170. The van der Waals surface area contributed by atoms with E-state index in [1.54, 1.807) is 14.2 Å². The van der Waals surface area contributed by atoms with Crippen LogP contribution in [0.4, 0.5) is 0 Å². The van der Waals surface area contributed by atoms with Gasteiger partial charge in [-0.3, -0.25) is 9.59 Å². The summed E-state index contributed by atoms with van der Waals surface area (Å²) < 4.78 is 18.2. The number of esters is 1. The summed E-state index contributed by atoms with van der Waals surface area (Å²) in [4.78, 5) is 32.1. The van der Waals surface area contributed by atoms with Gasteiger partial charge in [-0.25, -0.2) is 4.98 Å². The van der Waals surface area contributed by atoms with Gasteiger partial charge >= 0.3 is 5.97 Å². The van der Waals surface area contributed by atoms with E-state index in [9.17, 15) is 9.59 Å². The summed E-state index contributed by atoms with van der Waals surface area (Å²) in [6, 6.07) is 9.72. The van der Waals surface area contributed by atoms with Crippen molar-refractivity contribution in [2.24, 2.45) is 5.92 Å². The van der Waals surface area contributed by atoms with E-state index in [2.05, 4.69) is 4.98 Å². The first kappa shape index (κ1) is 24.6. The van der Waals surface area contributed by atoms with E-state index in [0.29, 0.717) is 44.0 Å². The highest BCUT2D eigenvalue weighted by molar-refractivity contribution is 5.79. The van der Waals surface area contributed by atoms with E-state index in [4.69, 9.17) is 14.2 Å². The van der Waals surface area contributed by atoms with Crippen LogP contribution in [0.2, 0.25) is 0 Å². The highest BCUT2D eigenvalue weighted by Gasteiger charge is 2.31. The number of fused-ring (bicyclic) bond motifs is 1. The van der Waals surface area contributed by atoms with Crippen LogP contribution in [0.25, 0.3) is 5.65 Å². The monoisotopic (exact) mass is 479 g/mol. The number of nitrogens with zero attached hydrogens (tertiary/aromatic N) is 3. The fraction of sp³-hybridized carbons (Fsp3) is 0.444. The normalized spacial score (nSPS) is 15.1. The molecule has 186 valence electrons. The molecule has 3 aromatic rings. The van der Waals surface area contributed by atoms with Gasteiger partial charge < -0.3 is 23.5 Å². The number of carbonyl (C=O) groups is 2. The van der Waals surface area contributed by atoms with Crippen LogP contribution in [0, 0.1) is 12.8 Å². The van der Waals surface area contributed by atoms with Crippen molar-refractivity contribution in [2.45, 2.75) is 39.0 Å². The third-order valence-corrected chi connectivity index (χ3v) is 6.74. The van der Waals surface area contributed by atoms with Crippen LogP contribution in [-0.4, -0.2) is 60.1 Å². The number of aromatic nitrogens is 2. The lowest BCUT2D eigenvalue weighted by Crippen LogP contribution is -2.41. The Morgan fingerprint density at radius 2 is 1.80 bits per heavy atom. The van der Waals surface area contributed by atoms with Gasteiger partial charge in [-0.05, 0) is 56.0 Å². The first-order valence-electron chi connectivity index (χ1n) is 12.0. The van der Waals surface area contributed by atoms with Crippen molar-refractivity contribution in [3.05, 3.63) is 59.5 Å². The standard InChI is InChI=1S/C27H33N3O5/c1-5-35-27(32)19-8-11-29(12-9-19)25(31)16-23(20-13-21(33-3)15-22(14-20)34-4)24-17-28-26-18(2)7-6-10-30(24)26/h6-7,10,13-15,17,19,23H,5,8-9,11-12,16H2,1-4H3. The number of likely N-dealkylation sites (tertiary alicyclic amines) is 1. The van der Waals surface area contributed by atoms with E-state index >= 15 is 0 Å². The number of carbonyl (C=O) groups excluding carboxylic acids is 2. The third-order valence-electron chi connectivity index (χ3n) is 6.74. The van der Waals surface area contributed by atoms with Crippen molar-refractivity contribution in [1.29, 1.82) is 0 Å². The molecular weight excluding hydrogens is 446 g/mol. The maximum Gasteiger partial charge on any atom is 0.309 e. The molecule has 8 heteroatoms. The molecule has 1 amide bonds. The van der Waals surface area contributed by atoms with Crippen LogP contribution in [0.5, 0.6) is 11.5 Å². The second-order valence-electron chi connectivity index (χ2n) is 8.88. The van der Waals surface area contributed by atoms with Crippen LogP contribution in [0.3, 0.4) is 0 Å². The Hall–Kier alpha value is -3.55. The Morgan fingerprint density at radius 3 is 2.43 bits per heavy atom. The topological polar surface area (TPSA) is 82.4 Å². The zero-order chi connectivity index (χ0) is 24.9. The van der Waals surface area contributed by atoms with Crippen LogP contribution in [0.1, 0.15) is 48.9 Å². The number of pyridine rings is 1. The molecule has 0 radical (unpaired) electrons. The van der Waals surface area contributed by atoms with Gasteiger partial charge in [0.1, 0.15) is 17.1 Å². The van der Waals surface area contributed by atoms with Crippen LogP contribution < -0.4 is 9.47 Å². The van der Waals surface area contributed by atoms with Crippen molar-refractivity contribution in [3.8, 4) is 11.5 Å². The highest BCUT2D eigenvalue weighted by atomic mass is 16.5. The number of hydrogen-bond donors (Lipinski definition) is 0. The Labute approximate surface area is 205 Å². The summed E-state index contributed by atoms with van der Waals surface area (Å²) in [6.07, 6.45) is 5.33. The largest absolute Gasteiger partial charge is 0.497 e. The number of benzene rings is 1. The van der Waals surface area contributed by atoms with E-state index in [-0.39, 0.29) is 30.1 Å². The molecule has 1 aliphatic heterocycles. The lowest BCUT2D eigenvalue weighted by molar-refractivity contribution is -0.151. The average molecular weight is 480 g/mol. The minimum Gasteiger partial charge on any atom is -0.497 e. The number of methoxy groups -OCH3 is 2. The number of aryl methyl sites for hydroxylation is 1. The SMILES string of the molecule is CCOC(=O)C1CCN(C(=O)CC(c2cc(OC)cc(OC)c2)c2cnc3c(C)cccn23)CC1. The molecule has 0 aliphatic carbocycles. The quantitative estimate of drug-likeness (QED) is 0.455. The van der Waals surface area contributed by atoms with Crippen molar-refractivity contribution < 1.29 is 23.8 Å². The molecule has 0 saturated carbocycles. The molecular formula is C27H33N3O5. The summed E-state index contributed by atoms with van der Waals surface area (Å²) in [6.45, 7) is 5.30. The molecule has 3 heterocycles. The van der Waals surface area contributed by atoms with Gasteiger partial charge in [0.2, 0.25) is 5.91 Å². The molecule has 4 rings (SSSR count). The van der Waals surface area contributed by atoms with Crippen LogP contribution in [0.15, 0.2) is 42.7 Å². The van der Waals surface area contributed by atoms with E-state index in [0.717, 1.165) is 22.5 Å². The molecule has 1 fully saturated rings. The Kier molecular flexibility index (Phi) is 7.58. The molecule has 8 nitrogen and oxygen atoms in total. The molecule has 1 atom stereocenters. The van der Waals surface area contributed by atoms with Crippen molar-refractivity contribution in [2.75, 3.05) is 33.9 Å². The summed E-state index contributed by atoms with van der Waals surface area (Å²) in [7, 11) is 3.23. The Balaban J connectivity index is 1.64.